The molecule has 0 spiro atoms. The number of hydrogen-bond donors (Lipinski definition) is 1. The first kappa shape index (κ1) is 21.5. The molecule has 1 amide bonds. The van der Waals surface area contributed by atoms with Gasteiger partial charge in [-0.25, -0.2) is 14.3 Å². The van der Waals surface area contributed by atoms with E-state index in [1.807, 2.05) is 39.0 Å². The monoisotopic (exact) mass is 413 g/mol. The van der Waals surface area contributed by atoms with Crippen LogP contribution in [0.2, 0.25) is 0 Å². The molecular formula is C21H27N5O4. The van der Waals surface area contributed by atoms with E-state index in [0.717, 1.165) is 10.1 Å². The van der Waals surface area contributed by atoms with E-state index in [0.29, 0.717) is 31.0 Å². The summed E-state index contributed by atoms with van der Waals surface area (Å²) in [6.45, 7) is 6.63. The quantitative estimate of drug-likeness (QED) is 0.605. The third kappa shape index (κ3) is 4.35. The predicted molar refractivity (Wildman–Crippen MR) is 115 cm³/mol. The Hall–Kier alpha value is -3.20. The number of aryl methyl sites for hydroxylation is 1. The van der Waals surface area contributed by atoms with E-state index in [2.05, 4.69) is 10.3 Å². The zero-order chi connectivity index (χ0) is 21.8. The number of anilines is 1. The second-order valence-corrected chi connectivity index (χ2v) is 7.64. The molecule has 0 aliphatic carbocycles. The van der Waals surface area contributed by atoms with Crippen molar-refractivity contribution in [1.29, 1.82) is 0 Å². The molecule has 0 unspecified atom stereocenters. The summed E-state index contributed by atoms with van der Waals surface area (Å²) in [4.78, 5) is 43.2. The molecule has 0 bridgehead atoms. The van der Waals surface area contributed by atoms with Crippen LogP contribution in [0.4, 0.5) is 5.69 Å². The third-order valence-corrected chi connectivity index (χ3v) is 4.79. The molecule has 9 heteroatoms. The third-order valence-electron chi connectivity index (χ3n) is 4.79. The van der Waals surface area contributed by atoms with E-state index in [4.69, 9.17) is 4.74 Å². The lowest BCUT2D eigenvalue weighted by Gasteiger charge is -2.14. The Kier molecular flexibility index (Phi) is 6.51. The van der Waals surface area contributed by atoms with Gasteiger partial charge in [0.1, 0.15) is 6.54 Å². The van der Waals surface area contributed by atoms with Crippen molar-refractivity contribution in [3.63, 3.8) is 0 Å². The van der Waals surface area contributed by atoms with Gasteiger partial charge in [-0.1, -0.05) is 32.0 Å². The molecule has 160 valence electrons. The highest BCUT2D eigenvalue weighted by Gasteiger charge is 2.20. The van der Waals surface area contributed by atoms with E-state index in [1.54, 1.807) is 17.7 Å². The zero-order valence-corrected chi connectivity index (χ0v) is 17.7. The van der Waals surface area contributed by atoms with Crippen molar-refractivity contribution < 1.29 is 9.53 Å². The minimum absolute atomic E-state index is 0.154. The molecule has 3 rings (SSSR count). The Morgan fingerprint density at radius 1 is 1.20 bits per heavy atom. The van der Waals surface area contributed by atoms with Gasteiger partial charge in [-0.15, -0.1) is 0 Å². The van der Waals surface area contributed by atoms with E-state index in [9.17, 15) is 14.4 Å². The SMILES string of the molecule is COCCn1cnc2c1c(=O)n(CC(=O)Nc1ccccc1C)c(=O)n2CC(C)C. The topological polar surface area (TPSA) is 100 Å². The molecule has 0 saturated carbocycles. The number of aromatic nitrogens is 4. The van der Waals surface area contributed by atoms with Crippen LogP contribution in [-0.2, 0) is 29.2 Å². The lowest BCUT2D eigenvalue weighted by molar-refractivity contribution is -0.116. The van der Waals surface area contributed by atoms with Gasteiger partial charge in [0.15, 0.2) is 11.2 Å². The van der Waals surface area contributed by atoms with Gasteiger partial charge < -0.3 is 14.6 Å². The van der Waals surface area contributed by atoms with Crippen LogP contribution in [0.15, 0.2) is 40.2 Å². The first-order valence-corrected chi connectivity index (χ1v) is 9.86. The molecule has 0 fully saturated rings. The van der Waals surface area contributed by atoms with E-state index in [1.165, 1.54) is 10.9 Å². The first-order chi connectivity index (χ1) is 14.3. The highest BCUT2D eigenvalue weighted by atomic mass is 16.5. The largest absolute Gasteiger partial charge is 0.383 e. The van der Waals surface area contributed by atoms with Crippen LogP contribution >= 0.6 is 0 Å². The summed E-state index contributed by atoms with van der Waals surface area (Å²) < 4.78 is 9.20. The van der Waals surface area contributed by atoms with E-state index < -0.39 is 17.2 Å². The number of hydrogen-bond acceptors (Lipinski definition) is 5. The average molecular weight is 413 g/mol. The minimum atomic E-state index is -0.543. The van der Waals surface area contributed by atoms with Crippen LogP contribution in [0, 0.1) is 12.8 Å². The molecule has 1 N–H and O–H groups in total. The zero-order valence-electron chi connectivity index (χ0n) is 17.7. The van der Waals surface area contributed by atoms with Gasteiger partial charge in [0.25, 0.3) is 5.56 Å². The maximum Gasteiger partial charge on any atom is 0.333 e. The summed E-state index contributed by atoms with van der Waals surface area (Å²) >= 11 is 0. The minimum Gasteiger partial charge on any atom is -0.383 e. The summed E-state index contributed by atoms with van der Waals surface area (Å²) in [7, 11) is 1.57. The number of fused-ring (bicyclic) bond motifs is 1. The molecule has 2 aromatic heterocycles. The van der Waals surface area contributed by atoms with Crippen LogP contribution in [0.1, 0.15) is 19.4 Å². The van der Waals surface area contributed by atoms with Crippen LogP contribution in [0.3, 0.4) is 0 Å². The molecule has 0 radical (unpaired) electrons. The highest BCUT2D eigenvalue weighted by molar-refractivity contribution is 5.91. The summed E-state index contributed by atoms with van der Waals surface area (Å²) in [5.74, 6) is -0.288. The molecule has 0 aliphatic heterocycles. The summed E-state index contributed by atoms with van der Waals surface area (Å²) in [5, 5.41) is 2.77. The number of rotatable bonds is 8. The molecule has 0 atom stereocenters. The molecule has 9 nitrogen and oxygen atoms in total. The molecule has 3 aromatic rings. The second kappa shape index (κ2) is 9.08. The molecule has 0 aliphatic rings. The Morgan fingerprint density at radius 3 is 2.60 bits per heavy atom. The second-order valence-electron chi connectivity index (χ2n) is 7.64. The first-order valence-electron chi connectivity index (χ1n) is 9.86. The van der Waals surface area contributed by atoms with Crippen molar-refractivity contribution >= 4 is 22.8 Å². The lowest BCUT2D eigenvalue weighted by Crippen LogP contribution is -2.43. The van der Waals surface area contributed by atoms with Crippen molar-refractivity contribution in [2.75, 3.05) is 19.0 Å². The normalized spacial score (nSPS) is 11.4. The Balaban J connectivity index is 2.06. The van der Waals surface area contributed by atoms with Gasteiger partial charge >= 0.3 is 5.69 Å². The maximum absolute atomic E-state index is 13.2. The van der Waals surface area contributed by atoms with Crippen molar-refractivity contribution in [3.8, 4) is 0 Å². The van der Waals surface area contributed by atoms with Gasteiger partial charge in [-0.3, -0.25) is 14.2 Å². The number of nitrogens with one attached hydrogen (secondary N) is 1. The van der Waals surface area contributed by atoms with Gasteiger partial charge in [0, 0.05) is 25.9 Å². The molecule has 0 saturated heterocycles. The number of para-hydroxylation sites is 1. The number of carbonyl (C=O) groups excluding carboxylic acids is 1. The van der Waals surface area contributed by atoms with Crippen molar-refractivity contribution in [2.45, 2.75) is 40.4 Å². The average Bonchev–Trinajstić information content (AvgIpc) is 3.12. The summed E-state index contributed by atoms with van der Waals surface area (Å²) in [6, 6.07) is 7.33. The predicted octanol–water partition coefficient (Wildman–Crippen LogP) is 1.61. The van der Waals surface area contributed by atoms with Crippen molar-refractivity contribution in [2.24, 2.45) is 5.92 Å². The number of carbonyl (C=O) groups is 1. The van der Waals surface area contributed by atoms with Gasteiger partial charge in [-0.05, 0) is 24.5 Å². The summed E-state index contributed by atoms with van der Waals surface area (Å²) in [6.07, 6.45) is 1.53. The maximum atomic E-state index is 13.2. The molecular weight excluding hydrogens is 386 g/mol. The fraction of sp³-hybridized carbons (Fsp3) is 0.429. The van der Waals surface area contributed by atoms with Crippen LogP contribution < -0.4 is 16.6 Å². The van der Waals surface area contributed by atoms with Crippen molar-refractivity contribution in [3.05, 3.63) is 57.0 Å². The van der Waals surface area contributed by atoms with E-state index in [-0.39, 0.29) is 18.0 Å². The van der Waals surface area contributed by atoms with Gasteiger partial charge in [-0.2, -0.15) is 0 Å². The number of benzene rings is 1. The fourth-order valence-corrected chi connectivity index (χ4v) is 3.31. The number of ether oxygens (including phenoxy) is 1. The van der Waals surface area contributed by atoms with Crippen molar-refractivity contribution in [1.82, 2.24) is 18.7 Å². The number of amides is 1. The van der Waals surface area contributed by atoms with Crippen LogP contribution in [0.5, 0.6) is 0 Å². The van der Waals surface area contributed by atoms with Crippen LogP contribution in [-0.4, -0.2) is 38.3 Å². The molecule has 2 heterocycles. The number of methoxy groups -OCH3 is 1. The fourth-order valence-electron chi connectivity index (χ4n) is 3.31. The highest BCUT2D eigenvalue weighted by Crippen LogP contribution is 2.13. The Morgan fingerprint density at radius 2 is 1.93 bits per heavy atom. The van der Waals surface area contributed by atoms with Crippen LogP contribution in [0.25, 0.3) is 11.2 Å². The molecule has 1 aromatic carbocycles. The molecule has 30 heavy (non-hydrogen) atoms. The van der Waals surface area contributed by atoms with Gasteiger partial charge in [0.05, 0.1) is 12.9 Å². The standard InChI is InChI=1S/C21H27N5O4/c1-14(2)11-25-19-18(24(13-22-19)9-10-30-4)20(28)26(21(25)29)12-17(27)23-16-8-6-5-7-15(16)3/h5-8,13-14H,9-12H2,1-4H3,(H,23,27). The lowest BCUT2D eigenvalue weighted by atomic mass is 10.2. The van der Waals surface area contributed by atoms with Gasteiger partial charge in [0.2, 0.25) is 5.91 Å². The number of imidazole rings is 1. The van der Waals surface area contributed by atoms with E-state index >= 15 is 0 Å². The summed E-state index contributed by atoms with van der Waals surface area (Å²) in [5.41, 5.74) is 1.07. The number of nitrogens with zero attached hydrogens (tertiary/aromatic N) is 4. The Bertz CT molecular complexity index is 1170. The smallest absolute Gasteiger partial charge is 0.333 e. The Labute approximate surface area is 173 Å².